The fourth-order valence-corrected chi connectivity index (χ4v) is 5.35. The van der Waals surface area contributed by atoms with Crippen LogP contribution in [0.15, 0.2) is 35.0 Å². The molecule has 0 radical (unpaired) electrons. The van der Waals surface area contributed by atoms with Gasteiger partial charge < -0.3 is 19.2 Å². The second-order valence-corrected chi connectivity index (χ2v) is 9.35. The molecule has 3 aromatic heterocycles. The third kappa shape index (κ3) is 3.57. The van der Waals surface area contributed by atoms with Crippen molar-refractivity contribution in [2.24, 2.45) is 0 Å². The van der Waals surface area contributed by atoms with E-state index in [9.17, 15) is 4.79 Å². The molecule has 1 saturated carbocycles. The lowest BCUT2D eigenvalue weighted by Crippen LogP contribution is -2.39. The largest absolute Gasteiger partial charge is 0.455 e. The highest BCUT2D eigenvalue weighted by molar-refractivity contribution is 5.95. The Morgan fingerprint density at radius 3 is 2.94 bits per heavy atom. The standard InChI is InChI=1S/C25H28N4O4/c1-16-21-20(33-23(16)24(30)27-12-18-15-31-9-10-32-18)11-25(6-4-7-25)19-14-29(28-22(19)21)13-17-5-2-3-8-26-17/h2-3,5,8,14,18H,4,6-7,9-13,15H2,1H3,(H,27,30)/t18-/m0/s1. The molecule has 1 saturated heterocycles. The van der Waals surface area contributed by atoms with E-state index in [1.165, 1.54) is 12.0 Å². The van der Waals surface area contributed by atoms with Gasteiger partial charge in [-0.25, -0.2) is 0 Å². The van der Waals surface area contributed by atoms with Crippen LogP contribution < -0.4 is 5.32 Å². The van der Waals surface area contributed by atoms with Crippen LogP contribution in [0.5, 0.6) is 0 Å². The SMILES string of the molecule is Cc1c(C(=O)NC[C@H]2COCCO2)oc2c1-c1nn(Cc3ccccn3)cc1C1(CCC1)C2. The van der Waals surface area contributed by atoms with Crippen molar-refractivity contribution in [3.8, 4) is 11.3 Å². The average Bonchev–Trinajstić information content (AvgIpc) is 3.37. The number of rotatable bonds is 5. The minimum Gasteiger partial charge on any atom is -0.455 e. The van der Waals surface area contributed by atoms with Crippen molar-refractivity contribution >= 4 is 5.91 Å². The normalized spacial score (nSPS) is 20.7. The lowest BCUT2D eigenvalue weighted by molar-refractivity contribution is -0.0856. The number of pyridine rings is 1. The molecule has 2 aliphatic carbocycles. The van der Waals surface area contributed by atoms with Crippen molar-refractivity contribution in [1.82, 2.24) is 20.1 Å². The van der Waals surface area contributed by atoms with Gasteiger partial charge in [0.1, 0.15) is 5.76 Å². The third-order valence-corrected chi connectivity index (χ3v) is 7.23. The van der Waals surface area contributed by atoms with Gasteiger partial charge in [-0.3, -0.25) is 14.5 Å². The van der Waals surface area contributed by atoms with Gasteiger partial charge in [-0.1, -0.05) is 12.5 Å². The van der Waals surface area contributed by atoms with E-state index >= 15 is 0 Å². The van der Waals surface area contributed by atoms with Crippen molar-refractivity contribution in [2.45, 2.75) is 50.7 Å². The monoisotopic (exact) mass is 448 g/mol. The summed E-state index contributed by atoms with van der Waals surface area (Å²) in [6.07, 6.45) is 8.12. The Balaban J connectivity index is 1.30. The van der Waals surface area contributed by atoms with Crippen LogP contribution in [-0.2, 0) is 27.9 Å². The number of hydrogen-bond donors (Lipinski definition) is 1. The van der Waals surface area contributed by atoms with Gasteiger partial charge in [-0.05, 0) is 31.9 Å². The molecule has 4 heterocycles. The summed E-state index contributed by atoms with van der Waals surface area (Å²) in [5, 5.41) is 7.92. The predicted octanol–water partition coefficient (Wildman–Crippen LogP) is 3.02. The minimum absolute atomic E-state index is 0.0655. The van der Waals surface area contributed by atoms with E-state index in [4.69, 9.17) is 19.0 Å². The minimum atomic E-state index is -0.215. The summed E-state index contributed by atoms with van der Waals surface area (Å²) >= 11 is 0. The van der Waals surface area contributed by atoms with Crippen LogP contribution in [0.2, 0.25) is 0 Å². The summed E-state index contributed by atoms with van der Waals surface area (Å²) in [5.74, 6) is 1.04. The van der Waals surface area contributed by atoms with Crippen molar-refractivity contribution in [3.05, 3.63) is 58.9 Å². The number of ether oxygens (including phenoxy) is 2. The smallest absolute Gasteiger partial charge is 0.287 e. The van der Waals surface area contributed by atoms with E-state index in [2.05, 4.69) is 16.5 Å². The lowest BCUT2D eigenvalue weighted by atomic mass is 9.59. The number of amides is 1. The van der Waals surface area contributed by atoms with Gasteiger partial charge in [-0.15, -0.1) is 0 Å². The Kier molecular flexibility index (Phi) is 5.07. The maximum absolute atomic E-state index is 13.0. The first-order chi connectivity index (χ1) is 16.1. The van der Waals surface area contributed by atoms with E-state index in [1.807, 2.05) is 29.8 Å². The molecule has 8 heteroatoms. The number of hydrogen-bond acceptors (Lipinski definition) is 6. The van der Waals surface area contributed by atoms with E-state index in [-0.39, 0.29) is 17.4 Å². The molecule has 3 aliphatic rings. The molecule has 172 valence electrons. The Hall–Kier alpha value is -2.97. The number of nitrogens with zero attached hydrogens (tertiary/aromatic N) is 3. The van der Waals surface area contributed by atoms with Gasteiger partial charge in [-0.2, -0.15) is 5.10 Å². The average molecular weight is 449 g/mol. The summed E-state index contributed by atoms with van der Waals surface area (Å²) in [7, 11) is 0. The van der Waals surface area contributed by atoms with Crippen LogP contribution in [0.1, 0.15) is 52.4 Å². The van der Waals surface area contributed by atoms with Gasteiger partial charge in [0.2, 0.25) is 0 Å². The highest BCUT2D eigenvalue weighted by atomic mass is 16.6. The van der Waals surface area contributed by atoms with Gasteiger partial charge in [0, 0.05) is 47.5 Å². The first kappa shape index (κ1) is 20.6. The van der Waals surface area contributed by atoms with Crippen LogP contribution in [0.25, 0.3) is 11.3 Å². The van der Waals surface area contributed by atoms with E-state index in [0.717, 1.165) is 47.5 Å². The third-order valence-electron chi connectivity index (χ3n) is 7.23. The molecule has 1 amide bonds. The number of nitrogens with one attached hydrogen (secondary N) is 1. The fraction of sp³-hybridized carbons (Fsp3) is 0.480. The highest BCUT2D eigenvalue weighted by Gasteiger charge is 2.47. The number of carbonyl (C=O) groups excluding carboxylic acids is 1. The summed E-state index contributed by atoms with van der Waals surface area (Å²) < 4.78 is 19.2. The Bertz CT molecular complexity index is 1170. The van der Waals surface area contributed by atoms with Crippen molar-refractivity contribution in [3.63, 3.8) is 0 Å². The molecule has 1 atom stereocenters. The highest BCUT2D eigenvalue weighted by Crippen LogP contribution is 2.54. The fourth-order valence-electron chi connectivity index (χ4n) is 5.35. The summed E-state index contributed by atoms with van der Waals surface area (Å²) in [5.41, 5.74) is 5.09. The molecule has 33 heavy (non-hydrogen) atoms. The number of aromatic nitrogens is 3. The summed E-state index contributed by atoms with van der Waals surface area (Å²) in [6, 6.07) is 5.92. The first-order valence-corrected chi connectivity index (χ1v) is 11.7. The molecule has 0 unspecified atom stereocenters. The summed E-state index contributed by atoms with van der Waals surface area (Å²) in [4.78, 5) is 17.4. The second-order valence-electron chi connectivity index (χ2n) is 9.35. The molecule has 8 nitrogen and oxygen atoms in total. The van der Waals surface area contributed by atoms with E-state index < -0.39 is 0 Å². The quantitative estimate of drug-likeness (QED) is 0.645. The van der Waals surface area contributed by atoms with Gasteiger partial charge in [0.15, 0.2) is 5.76 Å². The first-order valence-electron chi connectivity index (χ1n) is 11.7. The van der Waals surface area contributed by atoms with Gasteiger partial charge >= 0.3 is 0 Å². The van der Waals surface area contributed by atoms with Crippen molar-refractivity contribution < 1.29 is 18.7 Å². The number of carbonyl (C=O) groups is 1. The summed E-state index contributed by atoms with van der Waals surface area (Å²) in [6.45, 7) is 4.63. The van der Waals surface area contributed by atoms with Crippen LogP contribution in [0.3, 0.4) is 0 Å². The van der Waals surface area contributed by atoms with Crippen LogP contribution >= 0.6 is 0 Å². The van der Waals surface area contributed by atoms with E-state index in [0.29, 0.717) is 38.7 Å². The topological polar surface area (TPSA) is 91.4 Å². The molecule has 0 bridgehead atoms. The molecule has 1 aliphatic heterocycles. The zero-order valence-corrected chi connectivity index (χ0v) is 18.8. The maximum Gasteiger partial charge on any atom is 0.287 e. The molecule has 3 aromatic rings. The second kappa shape index (κ2) is 8.11. The van der Waals surface area contributed by atoms with Crippen molar-refractivity contribution in [1.29, 1.82) is 0 Å². The zero-order valence-electron chi connectivity index (χ0n) is 18.8. The van der Waals surface area contributed by atoms with Gasteiger partial charge in [0.05, 0.1) is 43.9 Å². The zero-order chi connectivity index (χ0) is 22.4. The molecular formula is C25H28N4O4. The number of fused-ring (bicyclic) bond motifs is 4. The molecule has 6 rings (SSSR count). The molecule has 2 fully saturated rings. The molecule has 1 N–H and O–H groups in total. The molecule has 1 spiro atoms. The molecular weight excluding hydrogens is 420 g/mol. The van der Waals surface area contributed by atoms with Crippen LogP contribution in [0, 0.1) is 6.92 Å². The Morgan fingerprint density at radius 1 is 1.30 bits per heavy atom. The predicted molar refractivity (Wildman–Crippen MR) is 120 cm³/mol. The van der Waals surface area contributed by atoms with Crippen LogP contribution in [0.4, 0.5) is 0 Å². The maximum atomic E-state index is 13.0. The van der Waals surface area contributed by atoms with Crippen molar-refractivity contribution in [2.75, 3.05) is 26.4 Å². The Labute approximate surface area is 192 Å². The van der Waals surface area contributed by atoms with E-state index in [1.54, 1.807) is 6.20 Å². The number of furan rings is 1. The molecule has 0 aromatic carbocycles. The van der Waals surface area contributed by atoms with Gasteiger partial charge in [0.25, 0.3) is 5.91 Å². The lowest BCUT2D eigenvalue weighted by Gasteiger charge is -2.43. The van der Waals surface area contributed by atoms with Crippen LogP contribution in [-0.4, -0.2) is 53.1 Å². The Morgan fingerprint density at radius 2 is 2.21 bits per heavy atom.